The van der Waals surface area contributed by atoms with Gasteiger partial charge in [0.1, 0.15) is 11.6 Å². The molecule has 8 nitrogen and oxygen atoms in total. The van der Waals surface area contributed by atoms with Crippen LogP contribution in [0.1, 0.15) is 5.82 Å². The lowest BCUT2D eigenvalue weighted by molar-refractivity contribution is 0.372. The molecule has 30 heavy (non-hydrogen) atoms. The third-order valence-corrected chi connectivity index (χ3v) is 5.23. The number of rotatable bonds is 5. The third-order valence-electron chi connectivity index (χ3n) is 5.23. The van der Waals surface area contributed by atoms with Gasteiger partial charge in [-0.25, -0.2) is 0 Å². The number of hydrogen-bond acceptors (Lipinski definition) is 5. The molecular formula is C21H28IN7O. The third kappa shape index (κ3) is 4.94. The Balaban J connectivity index is 0.00000256. The Labute approximate surface area is 194 Å². The number of ether oxygens (including phenoxy) is 1. The highest BCUT2D eigenvalue weighted by atomic mass is 127. The van der Waals surface area contributed by atoms with Crippen molar-refractivity contribution >= 4 is 41.3 Å². The van der Waals surface area contributed by atoms with E-state index in [1.807, 2.05) is 48.0 Å². The van der Waals surface area contributed by atoms with Gasteiger partial charge in [-0.2, -0.15) is 0 Å². The maximum atomic E-state index is 5.35. The van der Waals surface area contributed by atoms with Crippen molar-refractivity contribution in [3.63, 3.8) is 0 Å². The van der Waals surface area contributed by atoms with Crippen molar-refractivity contribution in [2.45, 2.75) is 6.42 Å². The number of aromatic nitrogens is 3. The lowest BCUT2D eigenvalue weighted by Gasteiger charge is -2.37. The zero-order chi connectivity index (χ0) is 20.1. The number of piperazine rings is 1. The van der Waals surface area contributed by atoms with Crippen molar-refractivity contribution in [1.82, 2.24) is 24.8 Å². The molecule has 3 heterocycles. The predicted octanol–water partition coefficient (Wildman–Crippen LogP) is 2.30. The first-order chi connectivity index (χ1) is 14.3. The molecule has 2 aromatic heterocycles. The van der Waals surface area contributed by atoms with E-state index < -0.39 is 0 Å². The Morgan fingerprint density at radius 2 is 1.93 bits per heavy atom. The first-order valence-corrected chi connectivity index (χ1v) is 9.92. The number of methoxy groups -OCH3 is 1. The number of benzene rings is 1. The van der Waals surface area contributed by atoms with Crippen molar-refractivity contribution in [3.8, 4) is 5.75 Å². The van der Waals surface area contributed by atoms with Crippen LogP contribution in [0.2, 0.25) is 0 Å². The fraction of sp³-hybridized carbons (Fsp3) is 0.381. The Kier molecular flexibility index (Phi) is 7.72. The van der Waals surface area contributed by atoms with Gasteiger partial charge >= 0.3 is 0 Å². The molecule has 0 saturated carbocycles. The molecule has 1 aliphatic heterocycles. The molecule has 1 aromatic carbocycles. The van der Waals surface area contributed by atoms with Crippen LogP contribution < -0.4 is 15.0 Å². The summed E-state index contributed by atoms with van der Waals surface area (Å²) >= 11 is 0. The van der Waals surface area contributed by atoms with Gasteiger partial charge in [-0.05, 0) is 24.3 Å². The van der Waals surface area contributed by atoms with Gasteiger partial charge in [0.05, 0.1) is 7.11 Å². The van der Waals surface area contributed by atoms with Crippen molar-refractivity contribution in [2.75, 3.05) is 51.8 Å². The highest BCUT2D eigenvalue weighted by Crippen LogP contribution is 2.22. The molecule has 1 fully saturated rings. The molecule has 1 aliphatic rings. The van der Waals surface area contributed by atoms with Crippen LogP contribution in [0.15, 0.2) is 53.7 Å². The summed E-state index contributed by atoms with van der Waals surface area (Å²) < 4.78 is 7.37. The number of aliphatic imine (C=N–C) groups is 1. The number of pyridine rings is 1. The van der Waals surface area contributed by atoms with Crippen molar-refractivity contribution in [3.05, 3.63) is 54.5 Å². The van der Waals surface area contributed by atoms with E-state index in [0.717, 1.165) is 62.3 Å². The van der Waals surface area contributed by atoms with Crippen molar-refractivity contribution in [1.29, 1.82) is 0 Å². The van der Waals surface area contributed by atoms with Gasteiger partial charge in [0.2, 0.25) is 0 Å². The zero-order valence-electron chi connectivity index (χ0n) is 17.4. The van der Waals surface area contributed by atoms with Crippen molar-refractivity contribution < 1.29 is 4.74 Å². The van der Waals surface area contributed by atoms with E-state index in [-0.39, 0.29) is 24.0 Å². The molecule has 0 unspecified atom stereocenters. The van der Waals surface area contributed by atoms with Crippen LogP contribution in [-0.2, 0) is 6.42 Å². The van der Waals surface area contributed by atoms with Crippen molar-refractivity contribution in [2.24, 2.45) is 4.99 Å². The second kappa shape index (κ2) is 10.5. The SMILES string of the molecule is CN=C(NCCc1nnc2ccccn12)N1CCN(c2cccc(OC)c2)CC1.I. The predicted molar refractivity (Wildman–Crippen MR) is 130 cm³/mol. The van der Waals surface area contributed by atoms with E-state index in [9.17, 15) is 0 Å². The minimum Gasteiger partial charge on any atom is -0.497 e. The molecule has 0 atom stereocenters. The van der Waals surface area contributed by atoms with Gasteiger partial charge < -0.3 is 19.9 Å². The van der Waals surface area contributed by atoms with Crippen LogP contribution in [0.3, 0.4) is 0 Å². The summed E-state index contributed by atoms with van der Waals surface area (Å²) in [5, 5.41) is 12.0. The topological polar surface area (TPSA) is 70.3 Å². The first-order valence-electron chi connectivity index (χ1n) is 9.92. The second-order valence-electron chi connectivity index (χ2n) is 6.94. The van der Waals surface area contributed by atoms with Crippen LogP contribution in [-0.4, -0.2) is 72.3 Å². The maximum Gasteiger partial charge on any atom is 0.193 e. The molecule has 9 heteroatoms. The minimum absolute atomic E-state index is 0. The fourth-order valence-corrected chi connectivity index (χ4v) is 3.66. The van der Waals surface area contributed by atoms with Crippen LogP contribution in [0.25, 0.3) is 5.65 Å². The molecule has 1 N–H and O–H groups in total. The summed E-state index contributed by atoms with van der Waals surface area (Å²) in [4.78, 5) is 9.16. The molecule has 3 aromatic rings. The fourth-order valence-electron chi connectivity index (χ4n) is 3.66. The molecule has 0 bridgehead atoms. The van der Waals surface area contributed by atoms with Gasteiger partial charge in [0, 0.05) is 64.1 Å². The smallest absolute Gasteiger partial charge is 0.193 e. The largest absolute Gasteiger partial charge is 0.497 e. The quantitative estimate of drug-likeness (QED) is 0.316. The average Bonchev–Trinajstić information content (AvgIpc) is 3.20. The lowest BCUT2D eigenvalue weighted by atomic mass is 10.2. The maximum absolute atomic E-state index is 5.35. The number of anilines is 1. The molecule has 4 rings (SSSR count). The van der Waals surface area contributed by atoms with E-state index >= 15 is 0 Å². The van der Waals surface area contributed by atoms with Crippen LogP contribution in [0, 0.1) is 0 Å². The van der Waals surface area contributed by atoms with E-state index in [1.165, 1.54) is 5.69 Å². The van der Waals surface area contributed by atoms with E-state index in [1.54, 1.807) is 7.11 Å². The summed E-state index contributed by atoms with van der Waals surface area (Å²) in [7, 11) is 3.54. The van der Waals surface area contributed by atoms with E-state index in [2.05, 4.69) is 42.4 Å². The van der Waals surface area contributed by atoms with Gasteiger partial charge in [-0.3, -0.25) is 9.39 Å². The van der Waals surface area contributed by atoms with Crippen LogP contribution in [0.5, 0.6) is 5.75 Å². The molecule has 0 radical (unpaired) electrons. The lowest BCUT2D eigenvalue weighted by Crippen LogP contribution is -2.52. The van der Waals surface area contributed by atoms with Gasteiger partial charge in [0.25, 0.3) is 0 Å². The first kappa shape index (κ1) is 22.1. The normalized spacial score (nSPS) is 14.5. The summed E-state index contributed by atoms with van der Waals surface area (Å²) in [6.45, 7) is 4.50. The second-order valence-corrected chi connectivity index (χ2v) is 6.94. The zero-order valence-corrected chi connectivity index (χ0v) is 19.7. The molecule has 160 valence electrons. The Morgan fingerprint density at radius 3 is 2.70 bits per heavy atom. The molecule has 0 spiro atoms. The van der Waals surface area contributed by atoms with E-state index in [0.29, 0.717) is 0 Å². The van der Waals surface area contributed by atoms with Gasteiger partial charge in [-0.1, -0.05) is 12.1 Å². The number of hydrogen-bond donors (Lipinski definition) is 1. The van der Waals surface area contributed by atoms with E-state index in [4.69, 9.17) is 4.74 Å². The number of nitrogens with one attached hydrogen (secondary N) is 1. The Bertz CT molecular complexity index is 982. The number of fused-ring (bicyclic) bond motifs is 1. The average molecular weight is 521 g/mol. The highest BCUT2D eigenvalue weighted by Gasteiger charge is 2.20. The van der Waals surface area contributed by atoms with Crippen LogP contribution >= 0.6 is 24.0 Å². The van der Waals surface area contributed by atoms with Gasteiger partial charge in [-0.15, -0.1) is 34.2 Å². The molecular weight excluding hydrogens is 493 g/mol. The summed E-state index contributed by atoms with van der Waals surface area (Å²) in [5.74, 6) is 2.78. The standard InChI is InChI=1S/C21H27N7O.HI/c1-22-21(23-10-9-20-25-24-19-8-3-4-11-28(19)20)27-14-12-26(13-15-27)17-6-5-7-18(16-17)29-2;/h3-8,11,16H,9-10,12-15H2,1-2H3,(H,22,23);1H. The Morgan fingerprint density at radius 1 is 1.10 bits per heavy atom. The molecule has 0 aliphatic carbocycles. The summed E-state index contributed by atoms with van der Waals surface area (Å²) in [6.07, 6.45) is 2.78. The van der Waals surface area contributed by atoms with Crippen LogP contribution in [0.4, 0.5) is 5.69 Å². The number of nitrogens with zero attached hydrogens (tertiary/aromatic N) is 6. The molecule has 0 amide bonds. The summed E-state index contributed by atoms with van der Waals surface area (Å²) in [5.41, 5.74) is 2.08. The number of halogens is 1. The minimum atomic E-state index is 0. The highest BCUT2D eigenvalue weighted by molar-refractivity contribution is 14.0. The summed E-state index contributed by atoms with van der Waals surface area (Å²) in [6, 6.07) is 14.2. The van der Waals surface area contributed by atoms with Gasteiger partial charge in [0.15, 0.2) is 11.6 Å². The number of guanidine groups is 1. The molecule has 1 saturated heterocycles. The Hall–Kier alpha value is -2.56. The monoisotopic (exact) mass is 521 g/mol.